The summed E-state index contributed by atoms with van der Waals surface area (Å²) in [5.41, 5.74) is -0.357. The van der Waals surface area contributed by atoms with E-state index in [0.29, 0.717) is 18.7 Å². The lowest BCUT2D eigenvalue weighted by molar-refractivity contribution is -0.137. The van der Waals surface area contributed by atoms with E-state index in [-0.39, 0.29) is 23.2 Å². The summed E-state index contributed by atoms with van der Waals surface area (Å²) in [6.07, 6.45) is -3.16. The summed E-state index contributed by atoms with van der Waals surface area (Å²) >= 11 is 1.05. The Hall–Kier alpha value is -2.88. The molecule has 0 aliphatic carbocycles. The van der Waals surface area contributed by atoms with E-state index in [1.807, 2.05) is 6.92 Å². The molecule has 1 aliphatic heterocycles. The number of hydrogen-bond acceptors (Lipinski definition) is 4. The van der Waals surface area contributed by atoms with Crippen molar-refractivity contribution in [3.8, 4) is 0 Å². The molecule has 1 heterocycles. The van der Waals surface area contributed by atoms with Gasteiger partial charge in [0.05, 0.1) is 11.3 Å². The van der Waals surface area contributed by atoms with Crippen molar-refractivity contribution in [1.82, 2.24) is 4.90 Å². The average Bonchev–Trinajstić information content (AvgIpc) is 3.01. The second-order valence-corrected chi connectivity index (χ2v) is 8.32. The van der Waals surface area contributed by atoms with Crippen molar-refractivity contribution in [2.24, 2.45) is 4.99 Å². The van der Waals surface area contributed by atoms with Crippen molar-refractivity contribution >= 4 is 40.1 Å². The normalized spacial score (nSPS) is 17.8. The summed E-state index contributed by atoms with van der Waals surface area (Å²) in [4.78, 5) is 31.0. The van der Waals surface area contributed by atoms with Crippen molar-refractivity contribution in [2.45, 2.75) is 37.6 Å². The molecule has 1 N–H and O–H groups in total. The quantitative estimate of drug-likeness (QED) is 0.539. The Morgan fingerprint density at radius 2 is 1.91 bits per heavy atom. The van der Waals surface area contributed by atoms with Gasteiger partial charge in [0, 0.05) is 18.7 Å². The number of halogens is 4. The van der Waals surface area contributed by atoms with Gasteiger partial charge in [0.1, 0.15) is 11.1 Å². The Labute approximate surface area is 186 Å². The van der Waals surface area contributed by atoms with Crippen LogP contribution in [-0.2, 0) is 15.8 Å². The molecule has 0 saturated carbocycles. The molecule has 1 aliphatic rings. The van der Waals surface area contributed by atoms with Crippen molar-refractivity contribution < 1.29 is 27.2 Å². The first kappa shape index (κ1) is 23.8. The predicted molar refractivity (Wildman–Crippen MR) is 116 cm³/mol. The maximum atomic E-state index is 13.0. The zero-order chi connectivity index (χ0) is 23.3. The summed E-state index contributed by atoms with van der Waals surface area (Å²) in [7, 11) is 0. The van der Waals surface area contributed by atoms with E-state index in [1.54, 1.807) is 0 Å². The zero-order valence-corrected chi connectivity index (χ0v) is 18.0. The Kier molecular flexibility index (Phi) is 7.55. The summed E-state index contributed by atoms with van der Waals surface area (Å²) < 4.78 is 52.0. The monoisotopic (exact) mass is 467 g/mol. The first-order valence-electron chi connectivity index (χ1n) is 9.96. The van der Waals surface area contributed by atoms with E-state index in [0.717, 1.165) is 30.3 Å². The van der Waals surface area contributed by atoms with Gasteiger partial charge in [-0.15, -0.1) is 0 Å². The summed E-state index contributed by atoms with van der Waals surface area (Å²) in [6.45, 7) is 2.31. The van der Waals surface area contributed by atoms with Crippen LogP contribution in [0.1, 0.15) is 31.7 Å². The van der Waals surface area contributed by atoms with Crippen molar-refractivity contribution in [3.63, 3.8) is 0 Å². The highest BCUT2D eigenvalue weighted by Gasteiger charge is 2.39. The van der Waals surface area contributed by atoms with Gasteiger partial charge in [0.15, 0.2) is 5.17 Å². The van der Waals surface area contributed by atoms with Crippen LogP contribution in [0, 0.1) is 5.82 Å². The molecule has 3 rings (SSSR count). The van der Waals surface area contributed by atoms with E-state index in [1.165, 1.54) is 41.3 Å². The van der Waals surface area contributed by atoms with Crippen LogP contribution in [-0.4, -0.2) is 33.7 Å². The number of carbonyl (C=O) groups excluding carboxylic acids is 2. The fourth-order valence-corrected chi connectivity index (χ4v) is 4.21. The van der Waals surface area contributed by atoms with Crippen LogP contribution in [0.2, 0.25) is 0 Å². The van der Waals surface area contributed by atoms with Crippen molar-refractivity contribution in [3.05, 3.63) is 59.9 Å². The smallest absolute Gasteiger partial charge is 0.326 e. The van der Waals surface area contributed by atoms with Crippen LogP contribution in [0.15, 0.2) is 53.5 Å². The Morgan fingerprint density at radius 1 is 1.19 bits per heavy atom. The molecule has 5 nitrogen and oxygen atoms in total. The minimum absolute atomic E-state index is 0.0769. The van der Waals surface area contributed by atoms with Crippen LogP contribution in [0.5, 0.6) is 0 Å². The number of benzene rings is 2. The first-order chi connectivity index (χ1) is 15.2. The molecule has 10 heteroatoms. The lowest BCUT2D eigenvalue weighted by atomic mass is 10.2. The number of amidine groups is 1. The molecule has 1 fully saturated rings. The van der Waals surface area contributed by atoms with Gasteiger partial charge in [-0.1, -0.05) is 31.2 Å². The molecule has 0 bridgehead atoms. The Balaban J connectivity index is 1.77. The number of unbranched alkanes of at least 4 members (excludes halogenated alkanes) is 1. The molecule has 2 amide bonds. The van der Waals surface area contributed by atoms with Gasteiger partial charge in [0.25, 0.3) is 0 Å². The van der Waals surface area contributed by atoms with Crippen molar-refractivity contribution in [1.29, 1.82) is 0 Å². The average molecular weight is 467 g/mol. The van der Waals surface area contributed by atoms with Gasteiger partial charge in [-0.2, -0.15) is 13.2 Å². The summed E-state index contributed by atoms with van der Waals surface area (Å²) in [6, 6.07) is 9.79. The number of alkyl halides is 3. The van der Waals surface area contributed by atoms with E-state index in [2.05, 4.69) is 10.3 Å². The van der Waals surface area contributed by atoms with Gasteiger partial charge in [-0.3, -0.25) is 14.5 Å². The zero-order valence-electron chi connectivity index (χ0n) is 17.2. The SMILES string of the molecule is CCCCN1C(=O)C(CC(=O)Nc2ccc(F)cc2)SC1=Nc1cccc(C(F)(F)F)c1. The number of amides is 2. The molecule has 1 unspecified atom stereocenters. The minimum atomic E-state index is -4.50. The number of hydrogen-bond donors (Lipinski definition) is 1. The largest absolute Gasteiger partial charge is 0.416 e. The summed E-state index contributed by atoms with van der Waals surface area (Å²) in [5.74, 6) is -1.19. The van der Waals surface area contributed by atoms with E-state index >= 15 is 0 Å². The minimum Gasteiger partial charge on any atom is -0.326 e. The molecule has 0 radical (unpaired) electrons. The highest BCUT2D eigenvalue weighted by atomic mass is 32.2. The number of aliphatic imine (C=N–C) groups is 1. The predicted octanol–water partition coefficient (Wildman–Crippen LogP) is 5.60. The number of nitrogens with one attached hydrogen (secondary N) is 1. The summed E-state index contributed by atoms with van der Waals surface area (Å²) in [5, 5.41) is 2.12. The number of carbonyl (C=O) groups is 2. The van der Waals surface area contributed by atoms with Crippen LogP contribution in [0.25, 0.3) is 0 Å². The number of nitrogens with zero attached hydrogens (tertiary/aromatic N) is 2. The number of thioether (sulfide) groups is 1. The molecule has 32 heavy (non-hydrogen) atoms. The van der Waals surface area contributed by atoms with Crippen LogP contribution in [0.4, 0.5) is 28.9 Å². The second-order valence-electron chi connectivity index (χ2n) is 7.15. The lowest BCUT2D eigenvalue weighted by Gasteiger charge is -2.16. The molecule has 170 valence electrons. The van der Waals surface area contributed by atoms with Gasteiger partial charge >= 0.3 is 6.18 Å². The maximum Gasteiger partial charge on any atom is 0.416 e. The van der Waals surface area contributed by atoms with Crippen LogP contribution in [0.3, 0.4) is 0 Å². The third kappa shape index (κ3) is 6.09. The molecule has 2 aromatic rings. The first-order valence-corrected chi connectivity index (χ1v) is 10.8. The highest BCUT2D eigenvalue weighted by Crippen LogP contribution is 2.35. The van der Waals surface area contributed by atoms with E-state index in [4.69, 9.17) is 0 Å². The second kappa shape index (κ2) is 10.2. The molecule has 2 aromatic carbocycles. The molecule has 0 spiro atoms. The fraction of sp³-hybridized carbons (Fsp3) is 0.318. The Morgan fingerprint density at radius 3 is 2.56 bits per heavy atom. The van der Waals surface area contributed by atoms with Gasteiger partial charge in [-0.25, -0.2) is 9.38 Å². The topological polar surface area (TPSA) is 61.8 Å². The van der Waals surface area contributed by atoms with Gasteiger partial charge in [-0.05, 0) is 48.9 Å². The molecule has 0 aromatic heterocycles. The van der Waals surface area contributed by atoms with E-state index < -0.39 is 28.7 Å². The molecule has 1 saturated heterocycles. The maximum absolute atomic E-state index is 13.0. The standard InChI is InChI=1S/C22H21F4N3O2S/c1-2-3-11-29-20(31)18(13-19(30)27-16-9-7-15(23)8-10-16)32-21(29)28-17-6-4-5-14(12-17)22(24,25)26/h4-10,12,18H,2-3,11,13H2,1H3,(H,27,30). The molecular weight excluding hydrogens is 446 g/mol. The molecule has 1 atom stereocenters. The highest BCUT2D eigenvalue weighted by molar-refractivity contribution is 8.15. The fourth-order valence-electron chi connectivity index (χ4n) is 3.02. The third-order valence-corrected chi connectivity index (χ3v) is 5.83. The van der Waals surface area contributed by atoms with Gasteiger partial charge in [0.2, 0.25) is 11.8 Å². The Bertz CT molecular complexity index is 1010. The number of rotatable bonds is 7. The molecular formula is C22H21F4N3O2S. The third-order valence-electron chi connectivity index (χ3n) is 4.65. The van der Waals surface area contributed by atoms with Crippen LogP contribution >= 0.6 is 11.8 Å². The van der Waals surface area contributed by atoms with E-state index in [9.17, 15) is 27.2 Å². The lowest BCUT2D eigenvalue weighted by Crippen LogP contribution is -2.34. The van der Waals surface area contributed by atoms with Crippen LogP contribution < -0.4 is 5.32 Å². The van der Waals surface area contributed by atoms with Crippen molar-refractivity contribution in [2.75, 3.05) is 11.9 Å². The van der Waals surface area contributed by atoms with Gasteiger partial charge < -0.3 is 5.32 Å². The number of anilines is 1.